The average Bonchev–Trinajstić information content (AvgIpc) is 2.89. The maximum Gasteiger partial charge on any atom is 0.405 e. The van der Waals surface area contributed by atoms with Gasteiger partial charge in [-0.3, -0.25) is 4.79 Å². The second-order valence-corrected chi connectivity index (χ2v) is 10.9. The smallest absolute Gasteiger partial charge is 0.405 e. The molecule has 1 aliphatic heterocycles. The lowest BCUT2D eigenvalue weighted by Crippen LogP contribution is -2.52. The van der Waals surface area contributed by atoms with E-state index in [1.165, 1.54) is 26.4 Å². The molecule has 0 fully saturated rings. The Morgan fingerprint density at radius 3 is 2.34 bits per heavy atom. The lowest BCUT2D eigenvalue weighted by Gasteiger charge is -2.48. The number of aliphatic hydroxyl groups is 1. The van der Waals surface area contributed by atoms with Crippen LogP contribution < -0.4 is 16.8 Å². The number of hydrogen-bond acceptors (Lipinski definition) is 9. The van der Waals surface area contributed by atoms with Gasteiger partial charge in [-0.05, 0) is 56.2 Å². The van der Waals surface area contributed by atoms with Crippen LogP contribution in [0.2, 0.25) is 0 Å². The Morgan fingerprint density at radius 2 is 1.76 bits per heavy atom. The maximum absolute atomic E-state index is 13.3. The molecule has 1 heterocycles. The molecule has 7 N–H and O–H groups in total. The van der Waals surface area contributed by atoms with E-state index in [0.717, 1.165) is 0 Å². The maximum atomic E-state index is 13.3. The lowest BCUT2D eigenvalue weighted by atomic mass is 9.67. The Labute approximate surface area is 239 Å². The van der Waals surface area contributed by atoms with Gasteiger partial charge < -0.3 is 45.9 Å². The van der Waals surface area contributed by atoms with Crippen molar-refractivity contribution in [3.63, 3.8) is 0 Å². The zero-order chi connectivity index (χ0) is 30.6. The summed E-state index contributed by atoms with van der Waals surface area (Å²) < 4.78 is 23.1. The van der Waals surface area contributed by atoms with Crippen molar-refractivity contribution in [2.75, 3.05) is 19.5 Å². The van der Waals surface area contributed by atoms with Gasteiger partial charge in [-0.25, -0.2) is 9.59 Å². The van der Waals surface area contributed by atoms with Crippen molar-refractivity contribution < 1.29 is 43.5 Å². The fourth-order valence-corrected chi connectivity index (χ4v) is 6.12. The second kappa shape index (κ2) is 12.9. The zero-order valence-electron chi connectivity index (χ0n) is 24.3. The third-order valence-corrected chi connectivity index (χ3v) is 7.97. The molecule has 0 radical (unpaired) electrons. The first-order valence-electron chi connectivity index (χ1n) is 13.5. The van der Waals surface area contributed by atoms with E-state index < -0.39 is 59.9 Å². The Bertz CT molecular complexity index is 1230. The minimum Gasteiger partial charge on any atom is -0.508 e. The predicted molar refractivity (Wildman–Crippen MR) is 150 cm³/mol. The Morgan fingerprint density at radius 1 is 1.10 bits per heavy atom. The van der Waals surface area contributed by atoms with E-state index in [2.05, 4.69) is 5.32 Å². The van der Waals surface area contributed by atoms with Gasteiger partial charge >= 0.3 is 12.2 Å². The number of nitrogens with one attached hydrogen (secondary N) is 1. The number of carbonyl (C=O) groups excluding carboxylic acids is 3. The minimum atomic E-state index is -1.44. The summed E-state index contributed by atoms with van der Waals surface area (Å²) in [7, 11) is 2.92. The number of rotatable bonds is 4. The van der Waals surface area contributed by atoms with Crippen LogP contribution in [0, 0.1) is 11.8 Å². The summed E-state index contributed by atoms with van der Waals surface area (Å²) in [5, 5.41) is 24.6. The molecule has 7 atom stereocenters. The molecule has 12 heteroatoms. The molecule has 2 aliphatic rings. The minimum absolute atomic E-state index is 0.164. The fraction of sp³-hybridized carbons (Fsp3) is 0.552. The number of phenols is 1. The summed E-state index contributed by atoms with van der Waals surface area (Å²) in [6, 6.07) is 2.77. The first kappa shape index (κ1) is 31.9. The van der Waals surface area contributed by atoms with Crippen LogP contribution in [-0.4, -0.2) is 60.8 Å². The van der Waals surface area contributed by atoms with Crippen molar-refractivity contribution in [2.45, 2.75) is 77.0 Å². The molecule has 0 aromatic heterocycles. The van der Waals surface area contributed by atoms with Gasteiger partial charge in [-0.2, -0.15) is 0 Å². The third kappa shape index (κ3) is 6.66. The number of carbonyl (C=O) groups is 3. The summed E-state index contributed by atoms with van der Waals surface area (Å²) in [6.45, 7) is 6.95. The van der Waals surface area contributed by atoms with Crippen LogP contribution in [0.15, 0.2) is 35.4 Å². The zero-order valence-corrected chi connectivity index (χ0v) is 24.3. The number of primary amides is 2. The van der Waals surface area contributed by atoms with Crippen LogP contribution in [0.1, 0.15) is 64.2 Å². The van der Waals surface area contributed by atoms with Gasteiger partial charge in [-0.15, -0.1) is 0 Å². The Kier molecular flexibility index (Phi) is 10.1. The number of benzene rings is 1. The third-order valence-electron chi connectivity index (χ3n) is 7.97. The first-order valence-corrected chi connectivity index (χ1v) is 13.5. The predicted octanol–water partition coefficient (Wildman–Crippen LogP) is 3.51. The Hall–Kier alpha value is -3.61. The van der Waals surface area contributed by atoms with Crippen LogP contribution in [0.4, 0.5) is 15.3 Å². The quantitative estimate of drug-likeness (QED) is 0.334. The molecule has 41 heavy (non-hydrogen) atoms. The van der Waals surface area contributed by atoms with Gasteiger partial charge in [0.1, 0.15) is 17.5 Å². The number of hydrogen-bond donors (Lipinski definition) is 5. The standard InChI is InChI=1S/C29H41N3O9/c1-14-8-7-9-21(38-5)24(40-27(30)36)15(2)10-16(3)25(41-28(31)37)29(39-6)13-17(4)23(34)19-11-18(33)12-20(22(19)29)32-26(14)35/h8,10-12,16-17,21,23-25,33-34H,7,9,13H2,1-6H3,(H2,30,36)(H2,31,37)(H,32,35)/b14-8-,15-10-/t16-,17-,21-,23+,24-,25+,29-/m0/s1. The number of nitrogens with two attached hydrogens (primary N) is 2. The second-order valence-electron chi connectivity index (χ2n) is 10.9. The van der Waals surface area contributed by atoms with Crippen molar-refractivity contribution in [2.24, 2.45) is 23.3 Å². The highest BCUT2D eigenvalue weighted by atomic mass is 16.6. The number of amides is 3. The van der Waals surface area contributed by atoms with Gasteiger partial charge in [0.2, 0.25) is 0 Å². The van der Waals surface area contributed by atoms with Crippen LogP contribution in [-0.2, 0) is 29.3 Å². The summed E-state index contributed by atoms with van der Waals surface area (Å²) in [5.41, 5.74) is 11.3. The summed E-state index contributed by atoms with van der Waals surface area (Å²) >= 11 is 0. The van der Waals surface area contributed by atoms with Crippen molar-refractivity contribution in [3.8, 4) is 5.75 Å². The molecule has 0 spiro atoms. The van der Waals surface area contributed by atoms with Crippen molar-refractivity contribution in [1.82, 2.24) is 0 Å². The molecule has 0 unspecified atom stereocenters. The number of aromatic hydroxyl groups is 1. The van der Waals surface area contributed by atoms with E-state index in [1.807, 2.05) is 0 Å². The van der Waals surface area contributed by atoms with E-state index in [-0.39, 0.29) is 17.9 Å². The monoisotopic (exact) mass is 575 g/mol. The van der Waals surface area contributed by atoms with Crippen LogP contribution in [0.3, 0.4) is 0 Å². The summed E-state index contributed by atoms with van der Waals surface area (Å²) in [6.07, 6.45) is -1.22. The highest BCUT2D eigenvalue weighted by Gasteiger charge is 2.53. The van der Waals surface area contributed by atoms with E-state index in [1.54, 1.807) is 39.8 Å². The molecule has 0 bridgehead atoms. The number of anilines is 1. The Balaban J connectivity index is 2.37. The van der Waals surface area contributed by atoms with E-state index in [0.29, 0.717) is 35.1 Å². The van der Waals surface area contributed by atoms with Crippen LogP contribution in [0.25, 0.3) is 0 Å². The molecule has 1 aliphatic carbocycles. The molecule has 12 nitrogen and oxygen atoms in total. The highest BCUT2D eigenvalue weighted by molar-refractivity contribution is 6.04. The normalized spacial score (nSPS) is 33.4. The average molecular weight is 576 g/mol. The number of ether oxygens (including phenoxy) is 4. The van der Waals surface area contributed by atoms with Gasteiger partial charge in [0.05, 0.1) is 17.9 Å². The summed E-state index contributed by atoms with van der Waals surface area (Å²) in [4.78, 5) is 37.5. The van der Waals surface area contributed by atoms with Crippen LogP contribution >= 0.6 is 0 Å². The first-order chi connectivity index (χ1) is 19.2. The van der Waals surface area contributed by atoms with E-state index in [9.17, 15) is 24.6 Å². The molecule has 3 rings (SSSR count). The molecule has 3 amide bonds. The molecule has 1 aromatic carbocycles. The molecular weight excluding hydrogens is 534 g/mol. The van der Waals surface area contributed by atoms with Gasteiger partial charge in [0.15, 0.2) is 6.10 Å². The fourth-order valence-electron chi connectivity index (χ4n) is 6.12. The van der Waals surface area contributed by atoms with Crippen molar-refractivity contribution in [3.05, 3.63) is 46.6 Å². The van der Waals surface area contributed by atoms with Gasteiger partial charge in [0, 0.05) is 37.3 Å². The molecular formula is C29H41N3O9. The largest absolute Gasteiger partial charge is 0.508 e. The van der Waals surface area contributed by atoms with Crippen molar-refractivity contribution >= 4 is 23.8 Å². The number of aliphatic hydroxyl groups excluding tert-OH is 1. The number of allylic oxidation sites excluding steroid dienone is 1. The lowest BCUT2D eigenvalue weighted by molar-refractivity contribution is -0.149. The molecule has 0 saturated heterocycles. The van der Waals surface area contributed by atoms with E-state index in [4.69, 9.17) is 30.4 Å². The SMILES string of the molecule is CO[C@H]1CC/C=C(/C)C(=O)Nc2cc(O)cc3c2[C@@](OC)(C[C@H](C)[C@H]3O)[C@H](OC(N)=O)[C@@H](C)/C=C(/C)[C@@H]1OC(N)=O. The van der Waals surface area contributed by atoms with Gasteiger partial charge in [0.25, 0.3) is 5.91 Å². The summed E-state index contributed by atoms with van der Waals surface area (Å²) in [5.74, 6) is -1.67. The topological polar surface area (TPSA) is 193 Å². The molecule has 1 aromatic rings. The van der Waals surface area contributed by atoms with Crippen molar-refractivity contribution in [1.29, 1.82) is 0 Å². The van der Waals surface area contributed by atoms with Crippen LogP contribution in [0.5, 0.6) is 5.75 Å². The molecule has 226 valence electrons. The highest BCUT2D eigenvalue weighted by Crippen LogP contribution is 2.53. The molecule has 0 saturated carbocycles. The number of methoxy groups -OCH3 is 2. The van der Waals surface area contributed by atoms with Gasteiger partial charge in [-0.1, -0.05) is 26.0 Å². The number of phenolic OH excluding ortho intramolecular Hbond substituents is 1. The van der Waals surface area contributed by atoms with E-state index >= 15 is 0 Å².